The fourth-order valence-electron chi connectivity index (χ4n) is 9.98. The van der Waals surface area contributed by atoms with Crippen molar-refractivity contribution in [3.63, 3.8) is 0 Å². The topological polar surface area (TPSA) is 191 Å². The normalized spacial score (nSPS) is 22.4. The number of aromatic nitrogens is 4. The number of halogens is 2. The van der Waals surface area contributed by atoms with E-state index in [0.29, 0.717) is 95.6 Å². The summed E-state index contributed by atoms with van der Waals surface area (Å²) in [5.74, 6) is 0.541. The highest BCUT2D eigenvalue weighted by Crippen LogP contribution is 2.52. The number of H-pyrrole nitrogens is 2. The number of aliphatic carboxylic acids is 2. The zero-order valence-electron chi connectivity index (χ0n) is 34.8. The molecule has 4 aliphatic rings. The lowest BCUT2D eigenvalue weighted by molar-refractivity contribution is -0.134. The maximum Gasteiger partial charge on any atom is 0.328 e. The van der Waals surface area contributed by atoms with Crippen molar-refractivity contribution in [2.24, 2.45) is 23.7 Å². The SMILES string of the molecule is O=C(O)/C=C/C(=O)O.O=c1[nH]c2ccccc2c(=O)n1CCN1C[C@H]2C[C@H](c3ccc(F)cc3)[C@H]2C1.O=c1[nH]c2ccccc2c(=O)n1CCN1C[C@H]2C[C@H](c3ccc(F)cc3)[C@H]2C1. The van der Waals surface area contributed by atoms with Crippen LogP contribution < -0.4 is 22.5 Å². The van der Waals surface area contributed by atoms with Gasteiger partial charge in [0.15, 0.2) is 0 Å². The summed E-state index contributed by atoms with van der Waals surface area (Å²) in [4.78, 5) is 79.3. The first-order valence-electron chi connectivity index (χ1n) is 21.4. The number of carboxylic acid groups (broad SMARTS) is 2. The molecular weight excluding hydrogens is 827 g/mol. The molecule has 6 aromatic rings. The van der Waals surface area contributed by atoms with E-state index in [-0.39, 0.29) is 34.1 Å². The Morgan fingerprint density at radius 1 is 0.547 bits per heavy atom. The van der Waals surface area contributed by atoms with Gasteiger partial charge in [-0.1, -0.05) is 48.5 Å². The molecule has 4 aromatic carbocycles. The Kier molecular flexibility index (Phi) is 13.0. The molecule has 0 spiro atoms. The number of aromatic amines is 2. The molecule has 16 heteroatoms. The molecule has 64 heavy (non-hydrogen) atoms. The molecule has 10 rings (SSSR count). The van der Waals surface area contributed by atoms with Gasteiger partial charge >= 0.3 is 23.3 Å². The van der Waals surface area contributed by atoms with Gasteiger partial charge in [0.25, 0.3) is 11.1 Å². The van der Waals surface area contributed by atoms with Crippen molar-refractivity contribution >= 4 is 33.7 Å². The number of carbonyl (C=O) groups is 2. The minimum absolute atomic E-state index is 0.196. The average molecular weight is 875 g/mol. The van der Waals surface area contributed by atoms with E-state index in [2.05, 4.69) is 19.8 Å². The fourth-order valence-corrected chi connectivity index (χ4v) is 9.98. The zero-order chi connectivity index (χ0) is 45.1. The number of rotatable bonds is 10. The van der Waals surface area contributed by atoms with Gasteiger partial charge in [0, 0.05) is 64.5 Å². The second kappa shape index (κ2) is 18.9. The van der Waals surface area contributed by atoms with Crippen LogP contribution in [0.15, 0.2) is 128 Å². The van der Waals surface area contributed by atoms with Gasteiger partial charge in [0.05, 0.1) is 21.8 Å². The molecule has 0 radical (unpaired) electrons. The molecule has 14 nitrogen and oxygen atoms in total. The molecular formula is C48H48F2N6O8. The number of hydrogen-bond acceptors (Lipinski definition) is 8. The minimum Gasteiger partial charge on any atom is -0.478 e. The van der Waals surface area contributed by atoms with Crippen LogP contribution in [0.1, 0.15) is 35.8 Å². The number of nitrogens with one attached hydrogen (secondary N) is 2. The lowest BCUT2D eigenvalue weighted by atomic mass is 9.64. The van der Waals surface area contributed by atoms with Crippen molar-refractivity contribution in [1.29, 1.82) is 0 Å². The predicted octanol–water partition coefficient (Wildman–Crippen LogP) is 4.84. The molecule has 4 N–H and O–H groups in total. The van der Waals surface area contributed by atoms with E-state index in [1.165, 1.54) is 44.5 Å². The predicted molar refractivity (Wildman–Crippen MR) is 236 cm³/mol. The van der Waals surface area contributed by atoms with Crippen LogP contribution >= 0.6 is 0 Å². The van der Waals surface area contributed by atoms with Crippen molar-refractivity contribution in [2.45, 2.75) is 37.8 Å². The Bertz CT molecular complexity index is 2750. The van der Waals surface area contributed by atoms with Crippen LogP contribution in [0.3, 0.4) is 0 Å². The van der Waals surface area contributed by atoms with Crippen LogP contribution in [-0.4, -0.2) is 90.3 Å². The highest BCUT2D eigenvalue weighted by atomic mass is 19.1. The Morgan fingerprint density at radius 2 is 0.922 bits per heavy atom. The van der Waals surface area contributed by atoms with Crippen molar-refractivity contribution < 1.29 is 28.6 Å². The standard InChI is InChI=1S/2C22H22FN3O2.C4H4O4/c2*23-16-7-5-14(6-8-16)18-11-15-12-25(13-19(15)18)9-10-26-21(27)17-3-1-2-4-20(17)24-22(26)28;5-3(6)1-2-4(7)8/h2*1-8,15,18-19H,9-13H2,(H,24,28);1-2H,(H,5,6)(H,7,8)/b;;2-1+/t2*15-,18-,19+;/m11./s1. The Labute approximate surface area is 364 Å². The third kappa shape index (κ3) is 9.57. The van der Waals surface area contributed by atoms with Crippen molar-refractivity contribution in [3.8, 4) is 0 Å². The van der Waals surface area contributed by atoms with Crippen molar-refractivity contribution in [2.75, 3.05) is 39.3 Å². The smallest absolute Gasteiger partial charge is 0.328 e. The van der Waals surface area contributed by atoms with E-state index in [1.54, 1.807) is 48.5 Å². The number of hydrogen-bond donors (Lipinski definition) is 4. The van der Waals surface area contributed by atoms with Gasteiger partial charge in [-0.2, -0.15) is 0 Å². The average Bonchev–Trinajstić information content (AvgIpc) is 3.76. The monoisotopic (exact) mass is 874 g/mol. The summed E-state index contributed by atoms with van der Waals surface area (Å²) in [6.45, 7) is 6.08. The maximum atomic E-state index is 13.2. The molecule has 2 aliphatic carbocycles. The minimum atomic E-state index is -1.26. The number of benzene rings is 4. The highest BCUT2D eigenvalue weighted by Gasteiger charge is 2.48. The summed E-state index contributed by atoms with van der Waals surface area (Å²) >= 11 is 0. The first-order valence-corrected chi connectivity index (χ1v) is 21.4. The van der Waals surface area contributed by atoms with Gasteiger partial charge in [0.2, 0.25) is 0 Å². The lowest BCUT2D eigenvalue weighted by Gasteiger charge is -2.40. The zero-order valence-corrected chi connectivity index (χ0v) is 34.8. The molecule has 2 aromatic heterocycles. The van der Waals surface area contributed by atoms with Gasteiger partial charge in [-0.3, -0.25) is 18.7 Å². The molecule has 2 saturated heterocycles. The second-order valence-corrected chi connectivity index (χ2v) is 17.0. The first-order chi connectivity index (χ1) is 30.8. The largest absolute Gasteiger partial charge is 0.478 e. The summed E-state index contributed by atoms with van der Waals surface area (Å²) in [6.07, 6.45) is 3.37. The number of carboxylic acids is 2. The van der Waals surface area contributed by atoms with E-state index in [4.69, 9.17) is 10.2 Å². The third-order valence-corrected chi connectivity index (χ3v) is 13.3. The Hall–Kier alpha value is -6.78. The highest BCUT2D eigenvalue weighted by molar-refractivity contribution is 5.89. The molecule has 2 saturated carbocycles. The number of fused-ring (bicyclic) bond motifs is 4. The van der Waals surface area contributed by atoms with Crippen molar-refractivity contribution in [1.82, 2.24) is 28.9 Å². The van der Waals surface area contributed by atoms with Gasteiger partial charge < -0.3 is 30.0 Å². The first kappa shape index (κ1) is 43.9. The van der Waals surface area contributed by atoms with Crippen LogP contribution in [-0.2, 0) is 22.7 Å². The summed E-state index contributed by atoms with van der Waals surface area (Å²) < 4.78 is 28.9. The van der Waals surface area contributed by atoms with Crippen LogP contribution in [0.5, 0.6) is 0 Å². The molecule has 6 atom stereocenters. The molecule has 2 aliphatic heterocycles. The number of nitrogens with zero attached hydrogens (tertiary/aromatic N) is 4. The van der Waals surface area contributed by atoms with Crippen LogP contribution in [0.25, 0.3) is 21.8 Å². The van der Waals surface area contributed by atoms with E-state index >= 15 is 0 Å². The lowest BCUT2D eigenvalue weighted by Crippen LogP contribution is -2.38. The van der Waals surface area contributed by atoms with E-state index in [1.807, 2.05) is 24.3 Å². The van der Waals surface area contributed by atoms with E-state index in [0.717, 1.165) is 39.0 Å². The van der Waals surface area contributed by atoms with Crippen molar-refractivity contribution in [3.05, 3.63) is 174 Å². The molecule has 4 fully saturated rings. The van der Waals surface area contributed by atoms with Gasteiger partial charge in [-0.05, 0) is 108 Å². The molecule has 4 heterocycles. The summed E-state index contributed by atoms with van der Waals surface area (Å²) in [5, 5.41) is 16.7. The summed E-state index contributed by atoms with van der Waals surface area (Å²) in [6, 6.07) is 27.9. The summed E-state index contributed by atoms with van der Waals surface area (Å²) in [7, 11) is 0. The maximum absolute atomic E-state index is 13.2. The molecule has 0 bridgehead atoms. The third-order valence-electron chi connectivity index (χ3n) is 13.3. The van der Waals surface area contributed by atoms with Gasteiger partial charge in [0.1, 0.15) is 11.6 Å². The number of likely N-dealkylation sites (tertiary alicyclic amines) is 2. The summed E-state index contributed by atoms with van der Waals surface area (Å²) in [5.41, 5.74) is 2.42. The van der Waals surface area contributed by atoms with Gasteiger partial charge in [-0.15, -0.1) is 0 Å². The molecule has 0 amide bonds. The fraction of sp³-hybridized carbons (Fsp3) is 0.333. The Balaban J connectivity index is 0.000000150. The Morgan fingerprint density at radius 3 is 1.30 bits per heavy atom. The van der Waals surface area contributed by atoms with Crippen LogP contribution in [0.2, 0.25) is 0 Å². The van der Waals surface area contributed by atoms with E-state index < -0.39 is 11.9 Å². The second-order valence-electron chi connectivity index (χ2n) is 17.0. The molecule has 332 valence electrons. The number of para-hydroxylation sites is 2. The van der Waals surface area contributed by atoms with Gasteiger partial charge in [-0.25, -0.2) is 28.0 Å². The quantitative estimate of drug-likeness (QED) is 0.139. The van der Waals surface area contributed by atoms with E-state index in [9.17, 15) is 37.5 Å². The van der Waals surface area contributed by atoms with Crippen LogP contribution in [0, 0.1) is 35.3 Å². The molecule has 0 unspecified atom stereocenters. The van der Waals surface area contributed by atoms with Crippen LogP contribution in [0.4, 0.5) is 8.78 Å².